The van der Waals surface area contributed by atoms with Crippen molar-refractivity contribution in [2.75, 3.05) is 6.54 Å². The highest BCUT2D eigenvalue weighted by atomic mass is 19.1. The molecule has 1 N–H and O–H groups in total. The second-order valence-corrected chi connectivity index (χ2v) is 10.3. The Hall–Kier alpha value is -2.99. The molecule has 0 aromatic heterocycles. The number of nitrogens with one attached hydrogen (secondary N) is 1. The maximum Gasteiger partial charge on any atom is 0.325 e. The fourth-order valence-electron chi connectivity index (χ4n) is 5.27. The van der Waals surface area contributed by atoms with Gasteiger partial charge in [-0.05, 0) is 87.3 Å². The molecular formula is C30H37FN2O3. The van der Waals surface area contributed by atoms with Crippen LogP contribution in [0.5, 0.6) is 0 Å². The Kier molecular flexibility index (Phi) is 7.94. The summed E-state index contributed by atoms with van der Waals surface area (Å²) < 4.78 is 19.9. The van der Waals surface area contributed by atoms with E-state index in [4.69, 9.17) is 4.74 Å². The Morgan fingerprint density at radius 1 is 1.17 bits per heavy atom. The summed E-state index contributed by atoms with van der Waals surface area (Å²) in [4.78, 5) is 27.7. The number of rotatable bonds is 10. The van der Waals surface area contributed by atoms with E-state index in [1.165, 1.54) is 33.7 Å². The van der Waals surface area contributed by atoms with Gasteiger partial charge in [0, 0.05) is 0 Å². The summed E-state index contributed by atoms with van der Waals surface area (Å²) in [6.45, 7) is 8.02. The lowest BCUT2D eigenvalue weighted by molar-refractivity contribution is -0.132. The lowest BCUT2D eigenvalue weighted by Gasteiger charge is -2.26. The number of urea groups is 1. The molecule has 3 amide bonds. The second-order valence-electron chi connectivity index (χ2n) is 10.3. The van der Waals surface area contributed by atoms with E-state index in [9.17, 15) is 14.0 Å². The van der Waals surface area contributed by atoms with Crippen LogP contribution in [0.2, 0.25) is 0 Å². The predicted octanol–water partition coefficient (Wildman–Crippen LogP) is 6.36. The first kappa shape index (κ1) is 26.1. The van der Waals surface area contributed by atoms with Crippen molar-refractivity contribution >= 4 is 11.9 Å². The Balaban J connectivity index is 1.48. The van der Waals surface area contributed by atoms with Crippen molar-refractivity contribution in [2.24, 2.45) is 0 Å². The van der Waals surface area contributed by atoms with Crippen molar-refractivity contribution in [1.29, 1.82) is 0 Å². The van der Waals surface area contributed by atoms with E-state index in [0.717, 1.165) is 43.2 Å². The van der Waals surface area contributed by atoms with Crippen LogP contribution in [0.4, 0.5) is 9.18 Å². The highest BCUT2D eigenvalue weighted by Gasteiger charge is 2.49. The molecule has 0 bridgehead atoms. The maximum absolute atomic E-state index is 13.5. The largest absolute Gasteiger partial charge is 0.368 e. The van der Waals surface area contributed by atoms with Crippen LogP contribution < -0.4 is 5.32 Å². The van der Waals surface area contributed by atoms with E-state index in [2.05, 4.69) is 37.4 Å². The molecule has 2 aromatic carbocycles. The predicted molar refractivity (Wildman–Crippen MR) is 139 cm³/mol. The monoisotopic (exact) mass is 492 g/mol. The summed E-state index contributed by atoms with van der Waals surface area (Å²) in [5.41, 5.74) is 4.46. The molecule has 3 unspecified atom stereocenters. The molecule has 4 rings (SSSR count). The highest BCUT2D eigenvalue weighted by Crippen LogP contribution is 2.33. The number of imide groups is 1. The van der Waals surface area contributed by atoms with Crippen LogP contribution in [0.1, 0.15) is 81.7 Å². The molecule has 0 saturated carbocycles. The first-order valence-electron chi connectivity index (χ1n) is 13.0. The Morgan fingerprint density at radius 2 is 1.89 bits per heavy atom. The average Bonchev–Trinajstić information content (AvgIpc) is 3.41. The van der Waals surface area contributed by atoms with Crippen molar-refractivity contribution in [2.45, 2.75) is 84.0 Å². The van der Waals surface area contributed by atoms with Crippen molar-refractivity contribution < 1.29 is 18.7 Å². The number of benzene rings is 2. The molecule has 3 atom stereocenters. The summed E-state index contributed by atoms with van der Waals surface area (Å²) in [5.74, 6) is -0.564. The Morgan fingerprint density at radius 3 is 2.61 bits per heavy atom. The molecule has 2 aromatic rings. The van der Waals surface area contributed by atoms with Crippen LogP contribution in [0.3, 0.4) is 0 Å². The zero-order valence-corrected chi connectivity index (χ0v) is 21.8. The molecule has 1 aliphatic heterocycles. The maximum atomic E-state index is 13.5. The number of hydrogen-bond acceptors (Lipinski definition) is 3. The van der Waals surface area contributed by atoms with Crippen molar-refractivity contribution in [3.05, 3.63) is 82.2 Å². The molecule has 2 aliphatic rings. The van der Waals surface area contributed by atoms with E-state index in [1.54, 1.807) is 19.1 Å². The van der Waals surface area contributed by atoms with Gasteiger partial charge in [-0.1, -0.05) is 55.3 Å². The number of ether oxygens (including phenoxy) is 1. The molecule has 5 nitrogen and oxygen atoms in total. The van der Waals surface area contributed by atoms with Crippen LogP contribution in [0.15, 0.2) is 54.1 Å². The van der Waals surface area contributed by atoms with Crippen molar-refractivity contribution in [1.82, 2.24) is 10.2 Å². The minimum absolute atomic E-state index is 0.139. The van der Waals surface area contributed by atoms with Crippen molar-refractivity contribution in [3.8, 4) is 0 Å². The number of halogens is 1. The molecule has 1 heterocycles. The van der Waals surface area contributed by atoms with Gasteiger partial charge in [-0.3, -0.25) is 9.69 Å². The van der Waals surface area contributed by atoms with Gasteiger partial charge in [0.1, 0.15) is 11.4 Å². The van der Waals surface area contributed by atoms with E-state index >= 15 is 0 Å². The number of carbonyl (C=O) groups is 2. The lowest BCUT2D eigenvalue weighted by Crippen LogP contribution is -2.42. The van der Waals surface area contributed by atoms with Gasteiger partial charge in [0.15, 0.2) is 0 Å². The minimum Gasteiger partial charge on any atom is -0.368 e. The van der Waals surface area contributed by atoms with E-state index in [0.29, 0.717) is 6.42 Å². The molecule has 192 valence electrons. The van der Waals surface area contributed by atoms with E-state index < -0.39 is 17.7 Å². The van der Waals surface area contributed by atoms with Gasteiger partial charge in [0.25, 0.3) is 5.91 Å². The van der Waals surface area contributed by atoms with Crippen LogP contribution >= 0.6 is 0 Å². The number of carbonyl (C=O) groups excluding carboxylic acids is 2. The molecule has 1 fully saturated rings. The summed E-state index contributed by atoms with van der Waals surface area (Å²) in [7, 11) is 0. The van der Waals surface area contributed by atoms with Crippen LogP contribution in [0, 0.1) is 5.82 Å². The van der Waals surface area contributed by atoms with Gasteiger partial charge in [-0.15, -0.1) is 0 Å². The Labute approximate surface area is 213 Å². The third kappa shape index (κ3) is 5.54. The van der Waals surface area contributed by atoms with Crippen LogP contribution in [0.25, 0.3) is 0 Å². The molecule has 36 heavy (non-hydrogen) atoms. The SMILES string of the molecule is CCC/C(C)=C/CC(OC(C)CN1C(=O)NC(C)(c2ccc3c(c2)CCC3)C1=O)c1ccc(F)cc1. The van der Waals surface area contributed by atoms with Crippen LogP contribution in [-0.2, 0) is 27.9 Å². The lowest BCUT2D eigenvalue weighted by atomic mass is 9.89. The third-order valence-electron chi connectivity index (χ3n) is 7.35. The molecule has 0 spiro atoms. The topological polar surface area (TPSA) is 58.6 Å². The average molecular weight is 493 g/mol. The van der Waals surface area contributed by atoms with E-state index in [1.807, 2.05) is 13.0 Å². The standard InChI is InChI=1S/C30H37FN2O3/c1-5-7-20(2)10-17-27(23-12-15-26(31)16-13-23)36-21(3)19-33-28(34)30(4,32-29(33)35)25-14-11-22-8-6-9-24(22)18-25/h10-16,18,21,27H,5-9,17,19H2,1-4H3,(H,32,35)/b20-10+. The third-order valence-corrected chi connectivity index (χ3v) is 7.35. The minimum atomic E-state index is -1.09. The van der Waals surface area contributed by atoms with Gasteiger partial charge in [0.05, 0.1) is 18.8 Å². The summed E-state index contributed by atoms with van der Waals surface area (Å²) in [6.07, 6.45) is 7.35. The molecule has 1 aliphatic carbocycles. The highest BCUT2D eigenvalue weighted by molar-refractivity contribution is 6.07. The number of allylic oxidation sites excluding steroid dienone is 1. The first-order chi connectivity index (χ1) is 17.2. The molecular weight excluding hydrogens is 455 g/mol. The first-order valence-corrected chi connectivity index (χ1v) is 13.0. The van der Waals surface area contributed by atoms with Gasteiger partial charge in [-0.25, -0.2) is 9.18 Å². The van der Waals surface area contributed by atoms with Gasteiger partial charge >= 0.3 is 6.03 Å². The fraction of sp³-hybridized carbons (Fsp3) is 0.467. The fourth-order valence-corrected chi connectivity index (χ4v) is 5.27. The number of amides is 3. The quantitative estimate of drug-likeness (QED) is 0.310. The zero-order valence-electron chi connectivity index (χ0n) is 21.8. The number of aryl methyl sites for hydroxylation is 2. The number of nitrogens with zero attached hydrogens (tertiary/aromatic N) is 1. The van der Waals surface area contributed by atoms with Gasteiger partial charge in [0.2, 0.25) is 0 Å². The molecule has 1 saturated heterocycles. The smallest absolute Gasteiger partial charge is 0.325 e. The number of hydrogen-bond donors (Lipinski definition) is 1. The van der Waals surface area contributed by atoms with E-state index in [-0.39, 0.29) is 24.4 Å². The van der Waals surface area contributed by atoms with Crippen LogP contribution in [-0.4, -0.2) is 29.5 Å². The summed E-state index contributed by atoms with van der Waals surface area (Å²) in [5, 5.41) is 2.92. The zero-order chi connectivity index (χ0) is 25.9. The van der Waals surface area contributed by atoms with Crippen molar-refractivity contribution in [3.63, 3.8) is 0 Å². The van der Waals surface area contributed by atoms with Gasteiger partial charge in [-0.2, -0.15) is 0 Å². The summed E-state index contributed by atoms with van der Waals surface area (Å²) in [6, 6.07) is 12.0. The normalized spacial score (nSPS) is 21.5. The Bertz CT molecular complexity index is 1140. The molecule has 6 heteroatoms. The number of fused-ring (bicyclic) bond motifs is 1. The van der Waals surface area contributed by atoms with Gasteiger partial charge < -0.3 is 10.1 Å². The molecule has 0 radical (unpaired) electrons. The second kappa shape index (κ2) is 11.0. The summed E-state index contributed by atoms with van der Waals surface area (Å²) >= 11 is 0.